The van der Waals surface area contributed by atoms with Crippen LogP contribution < -0.4 is 15.0 Å². The van der Waals surface area contributed by atoms with Gasteiger partial charge < -0.3 is 19.7 Å². The second kappa shape index (κ2) is 14.9. The number of anilines is 2. The number of nitrogens with zero attached hydrogens (tertiary/aromatic N) is 3. The fraction of sp³-hybridized carbons (Fsp3) is 0.289. The van der Waals surface area contributed by atoms with Crippen LogP contribution in [-0.4, -0.2) is 59.4 Å². The van der Waals surface area contributed by atoms with Gasteiger partial charge in [0.25, 0.3) is 5.69 Å². The third-order valence-electron chi connectivity index (χ3n) is 9.88. The van der Waals surface area contributed by atoms with E-state index in [0.29, 0.717) is 23.1 Å². The van der Waals surface area contributed by atoms with E-state index in [1.165, 1.54) is 29.2 Å². The summed E-state index contributed by atoms with van der Waals surface area (Å²) in [5.41, 5.74) is -0.970. The third kappa shape index (κ3) is 6.69. The zero-order chi connectivity index (χ0) is 37.3. The maximum atomic E-state index is 16.3. The molecule has 11 nitrogen and oxygen atoms in total. The van der Waals surface area contributed by atoms with E-state index >= 15 is 4.39 Å². The number of hydrogen-bond acceptors (Lipinski definition) is 8. The number of methoxy groups -OCH3 is 1. The average molecular weight is 750 g/mol. The first-order valence-corrected chi connectivity index (χ1v) is 17.3. The summed E-state index contributed by atoms with van der Waals surface area (Å²) >= 11 is 12.6. The monoisotopic (exact) mass is 748 g/mol. The van der Waals surface area contributed by atoms with Crippen LogP contribution in [0.15, 0.2) is 84.9 Å². The maximum Gasteiger partial charge on any atom is 0.338 e. The summed E-state index contributed by atoms with van der Waals surface area (Å²) in [5.74, 6) is -4.23. The predicted molar refractivity (Wildman–Crippen MR) is 194 cm³/mol. The quantitative estimate of drug-likeness (QED) is 0.0995. The van der Waals surface area contributed by atoms with E-state index in [-0.39, 0.29) is 41.3 Å². The van der Waals surface area contributed by atoms with Crippen LogP contribution in [0, 0.1) is 21.8 Å². The minimum Gasteiger partial charge on any atom is -0.494 e. The lowest BCUT2D eigenvalue weighted by atomic mass is 9.72. The average Bonchev–Trinajstić information content (AvgIpc) is 3.38. The number of nitro groups is 1. The number of benzene rings is 4. The van der Waals surface area contributed by atoms with E-state index in [2.05, 4.69) is 5.32 Å². The fourth-order valence-corrected chi connectivity index (χ4v) is 7.97. The van der Waals surface area contributed by atoms with E-state index < -0.39 is 57.6 Å². The summed E-state index contributed by atoms with van der Waals surface area (Å²) in [6.07, 6.45) is 0.260. The molecule has 0 saturated carbocycles. The molecular weight excluding hydrogens is 714 g/mol. The van der Waals surface area contributed by atoms with Crippen molar-refractivity contribution in [2.75, 3.05) is 30.5 Å². The summed E-state index contributed by atoms with van der Waals surface area (Å²) in [6, 6.07) is 21.5. The van der Waals surface area contributed by atoms with E-state index in [1.54, 1.807) is 37.3 Å². The lowest BCUT2D eigenvalue weighted by Crippen LogP contribution is -2.55. The Balaban J connectivity index is 1.53. The van der Waals surface area contributed by atoms with Crippen molar-refractivity contribution in [1.29, 1.82) is 0 Å². The smallest absolute Gasteiger partial charge is 0.338 e. The molecule has 2 heterocycles. The van der Waals surface area contributed by atoms with Gasteiger partial charge in [0.15, 0.2) is 0 Å². The van der Waals surface area contributed by atoms with Crippen molar-refractivity contribution in [3.8, 4) is 5.75 Å². The number of nitro benzene ring substituents is 1. The maximum absolute atomic E-state index is 16.3. The molecule has 2 saturated heterocycles. The van der Waals surface area contributed by atoms with Gasteiger partial charge in [0.1, 0.15) is 22.8 Å². The highest BCUT2D eigenvalue weighted by Gasteiger charge is 2.64. The summed E-state index contributed by atoms with van der Waals surface area (Å²) in [6.45, 7) is 4.18. The molecular formula is C38H35Cl2FN4O7. The number of ether oxygens (including phenoxy) is 2. The van der Waals surface area contributed by atoms with Crippen LogP contribution >= 0.6 is 23.2 Å². The number of hydrogen-bond donors (Lipinski definition) is 1. The van der Waals surface area contributed by atoms with Gasteiger partial charge in [-0.2, -0.15) is 0 Å². The molecule has 4 atom stereocenters. The number of esters is 1. The van der Waals surface area contributed by atoms with Gasteiger partial charge in [0.2, 0.25) is 11.8 Å². The highest BCUT2D eigenvalue weighted by Crippen LogP contribution is 2.55. The van der Waals surface area contributed by atoms with Crippen molar-refractivity contribution in [1.82, 2.24) is 4.90 Å². The van der Waals surface area contributed by atoms with Gasteiger partial charge in [-0.25, -0.2) is 9.18 Å². The Hall–Kier alpha value is -5.04. The Morgan fingerprint density at radius 2 is 1.81 bits per heavy atom. The summed E-state index contributed by atoms with van der Waals surface area (Å²) in [4.78, 5) is 56.9. The van der Waals surface area contributed by atoms with Crippen LogP contribution in [0.2, 0.25) is 10.0 Å². The van der Waals surface area contributed by atoms with Crippen LogP contribution in [-0.2, 0) is 20.9 Å². The van der Waals surface area contributed by atoms with Gasteiger partial charge in [0, 0.05) is 41.8 Å². The van der Waals surface area contributed by atoms with Gasteiger partial charge >= 0.3 is 5.97 Å². The number of fused-ring (bicyclic) bond motifs is 1. The first-order valence-electron chi connectivity index (χ1n) is 16.6. The van der Waals surface area contributed by atoms with Crippen LogP contribution in [0.3, 0.4) is 0 Å². The van der Waals surface area contributed by atoms with Crippen LogP contribution in [0.25, 0.3) is 0 Å². The van der Waals surface area contributed by atoms with Crippen molar-refractivity contribution >= 4 is 58.0 Å². The zero-order valence-electron chi connectivity index (χ0n) is 28.5. The van der Waals surface area contributed by atoms with Gasteiger partial charge in [0.05, 0.1) is 35.1 Å². The van der Waals surface area contributed by atoms with Crippen molar-refractivity contribution in [2.24, 2.45) is 5.92 Å². The number of nitrogens with one attached hydrogen (secondary N) is 1. The second-order valence-corrected chi connectivity index (χ2v) is 13.6. The summed E-state index contributed by atoms with van der Waals surface area (Å²) in [7, 11) is 1.16. The minimum atomic E-state index is -1.60. The number of amides is 2. The van der Waals surface area contributed by atoms with E-state index in [9.17, 15) is 24.5 Å². The molecule has 2 amide bonds. The third-order valence-corrected chi connectivity index (χ3v) is 10.4. The number of piperidine rings is 1. The molecule has 270 valence electrons. The van der Waals surface area contributed by atoms with Crippen LogP contribution in [0.1, 0.15) is 47.7 Å². The zero-order valence-corrected chi connectivity index (χ0v) is 30.0. The van der Waals surface area contributed by atoms with Crippen molar-refractivity contribution in [3.63, 3.8) is 0 Å². The van der Waals surface area contributed by atoms with E-state index in [4.69, 9.17) is 32.7 Å². The minimum absolute atomic E-state index is 0.0324. The van der Waals surface area contributed by atoms with Crippen LogP contribution in [0.5, 0.6) is 5.75 Å². The lowest BCUT2D eigenvalue weighted by molar-refractivity contribution is -0.384. The molecule has 2 fully saturated rings. The summed E-state index contributed by atoms with van der Waals surface area (Å²) in [5, 5.41) is 15.5. The summed E-state index contributed by atoms with van der Waals surface area (Å²) < 4.78 is 26.8. The molecule has 0 bridgehead atoms. The Kier molecular flexibility index (Phi) is 10.5. The number of likely N-dealkylation sites (tertiary alicyclic amines) is 1. The van der Waals surface area contributed by atoms with Crippen LogP contribution in [0.4, 0.5) is 21.5 Å². The fourth-order valence-electron chi connectivity index (χ4n) is 7.60. The van der Waals surface area contributed by atoms with Crippen molar-refractivity contribution in [2.45, 2.75) is 44.3 Å². The number of carbonyl (C=O) groups excluding carboxylic acids is 3. The molecule has 0 spiro atoms. The largest absolute Gasteiger partial charge is 0.494 e. The predicted octanol–water partition coefficient (Wildman–Crippen LogP) is 7.64. The van der Waals surface area contributed by atoms with E-state index in [0.717, 1.165) is 18.7 Å². The molecule has 0 unspecified atom stereocenters. The van der Waals surface area contributed by atoms with Gasteiger partial charge in [-0.15, -0.1) is 0 Å². The molecule has 1 N–H and O–H groups in total. The van der Waals surface area contributed by atoms with Gasteiger partial charge in [-0.3, -0.25) is 24.6 Å². The van der Waals surface area contributed by atoms with Crippen molar-refractivity contribution < 1.29 is 33.2 Å². The highest BCUT2D eigenvalue weighted by atomic mass is 35.5. The Morgan fingerprint density at radius 3 is 2.52 bits per heavy atom. The Labute approximate surface area is 309 Å². The molecule has 0 aliphatic carbocycles. The number of halogens is 3. The van der Waals surface area contributed by atoms with E-state index in [1.807, 2.05) is 36.1 Å². The van der Waals surface area contributed by atoms with Crippen molar-refractivity contribution in [3.05, 3.63) is 128 Å². The molecule has 6 rings (SSSR count). The van der Waals surface area contributed by atoms with Gasteiger partial charge in [-0.1, -0.05) is 53.5 Å². The molecule has 52 heavy (non-hydrogen) atoms. The highest BCUT2D eigenvalue weighted by molar-refractivity contribution is 6.31. The molecule has 4 aromatic carbocycles. The standard InChI is InChI=1S/C38H35Cl2FN4O7/c1-4-52-26-11-5-8-22(18-26)21-44-30-16-17-43(29-15-14-23(36(47)51-3)19-31(29)45(49)50)35(46)32(30)33(27-12-7-13-28(40)34(27)41)38(44,2)37(48)42-25-10-6-9-24(39)20-25/h5-15,18-20,30,32-33H,4,16-17,21H2,1-3H3,(H,42,48)/t30-,32+,33-,38+/m0/s1. The molecule has 2 aliphatic heterocycles. The Bertz CT molecular complexity index is 2070. The molecule has 0 aromatic heterocycles. The Morgan fingerprint density at radius 1 is 1.06 bits per heavy atom. The molecule has 4 aromatic rings. The first-order chi connectivity index (χ1) is 24.9. The first kappa shape index (κ1) is 36.7. The normalized spacial score (nSPS) is 21.4. The molecule has 2 aliphatic rings. The molecule has 14 heteroatoms. The lowest BCUT2D eigenvalue weighted by Gasteiger charge is -2.40. The molecule has 0 radical (unpaired) electrons. The topological polar surface area (TPSA) is 131 Å². The second-order valence-electron chi connectivity index (χ2n) is 12.8. The number of carbonyl (C=O) groups is 3. The SMILES string of the molecule is CCOc1cccc(CN2[C@H]3CCN(c4ccc(C(=O)OC)cc4[N+](=O)[O-])C(=O)[C@H]3[C@H](c3cccc(Cl)c3F)[C@]2(C)C(=O)Nc2cccc(Cl)c2)c1. The number of rotatable bonds is 10. The van der Waals surface area contributed by atoms with Gasteiger partial charge in [-0.05, 0) is 79.9 Å².